The minimum absolute atomic E-state index is 0.187. The summed E-state index contributed by atoms with van der Waals surface area (Å²) in [5.74, 6) is -4.39. The zero-order chi connectivity index (χ0) is 15.1. The molecule has 110 valence electrons. The molecule has 0 bridgehead atoms. The Hall–Kier alpha value is -1.31. The summed E-state index contributed by atoms with van der Waals surface area (Å²) < 4.78 is 39.4. The molecule has 1 aliphatic heterocycles. The fourth-order valence-electron chi connectivity index (χ4n) is 2.28. The molecule has 1 aliphatic rings. The zero-order valence-electron chi connectivity index (χ0n) is 10.5. The van der Waals surface area contributed by atoms with E-state index >= 15 is 0 Å². The molecule has 2 atom stereocenters. The van der Waals surface area contributed by atoms with Gasteiger partial charge in [0.15, 0.2) is 0 Å². The number of carboxylic acid groups (broad SMARTS) is 1. The predicted molar refractivity (Wildman–Crippen MR) is 69.6 cm³/mol. The first-order chi connectivity index (χ1) is 9.20. The fraction of sp³-hybridized carbons (Fsp3) is 0.500. The molecule has 0 spiro atoms. The van der Waals surface area contributed by atoms with Crippen molar-refractivity contribution in [3.05, 3.63) is 22.3 Å². The Labute approximate surface area is 121 Å². The van der Waals surface area contributed by atoms with Crippen molar-refractivity contribution in [3.63, 3.8) is 0 Å². The van der Waals surface area contributed by atoms with E-state index < -0.39 is 24.0 Å². The van der Waals surface area contributed by atoms with Gasteiger partial charge in [0.25, 0.3) is 0 Å². The molecule has 4 nitrogen and oxygen atoms in total. The molecular weight excluding hydrogens is 341 g/mol. The monoisotopic (exact) mass is 352 g/mol. The molecule has 20 heavy (non-hydrogen) atoms. The highest BCUT2D eigenvalue weighted by Crippen LogP contribution is 2.39. The lowest BCUT2D eigenvalue weighted by Gasteiger charge is -2.19. The smallest absolute Gasteiger partial charge is 0.394 e. The van der Waals surface area contributed by atoms with Gasteiger partial charge >= 0.3 is 12.1 Å². The van der Waals surface area contributed by atoms with Crippen LogP contribution in [0.1, 0.15) is 5.69 Å². The summed E-state index contributed by atoms with van der Waals surface area (Å²) in [6.07, 6.45) is -4.53. The number of anilines is 1. The van der Waals surface area contributed by atoms with Gasteiger partial charge in [-0.3, -0.25) is 4.79 Å². The molecule has 0 saturated carbocycles. The summed E-state index contributed by atoms with van der Waals surface area (Å²) in [6, 6.07) is 3.27. The maximum atomic E-state index is 12.9. The van der Waals surface area contributed by atoms with Gasteiger partial charge in [-0.2, -0.15) is 13.2 Å². The van der Waals surface area contributed by atoms with Crippen molar-refractivity contribution in [2.75, 3.05) is 18.0 Å². The number of nitrogens with zero attached hydrogens (tertiary/aromatic N) is 2. The quantitative estimate of drug-likeness (QED) is 0.889. The van der Waals surface area contributed by atoms with E-state index in [1.54, 1.807) is 19.1 Å². The van der Waals surface area contributed by atoms with Crippen LogP contribution in [0.4, 0.5) is 19.0 Å². The van der Waals surface area contributed by atoms with Gasteiger partial charge in [0.2, 0.25) is 0 Å². The molecule has 0 aromatic carbocycles. The third-order valence-electron chi connectivity index (χ3n) is 3.39. The van der Waals surface area contributed by atoms with E-state index in [1.807, 2.05) is 0 Å². The van der Waals surface area contributed by atoms with Gasteiger partial charge in [0.05, 0.1) is 17.5 Å². The molecule has 1 aromatic heterocycles. The van der Waals surface area contributed by atoms with Crippen LogP contribution in [0.2, 0.25) is 0 Å². The maximum Gasteiger partial charge on any atom is 0.394 e. The molecular formula is C12H12BrF3N2O2. The first-order valence-electron chi connectivity index (χ1n) is 5.87. The van der Waals surface area contributed by atoms with Crippen molar-refractivity contribution in [1.82, 2.24) is 4.98 Å². The minimum atomic E-state index is -4.53. The van der Waals surface area contributed by atoms with Gasteiger partial charge in [-0.15, -0.1) is 0 Å². The van der Waals surface area contributed by atoms with Crippen LogP contribution >= 0.6 is 15.9 Å². The molecule has 0 amide bonds. The van der Waals surface area contributed by atoms with E-state index in [2.05, 4.69) is 20.9 Å². The van der Waals surface area contributed by atoms with E-state index in [-0.39, 0.29) is 13.1 Å². The molecule has 0 unspecified atom stereocenters. The molecule has 2 rings (SSSR count). The lowest BCUT2D eigenvalue weighted by Crippen LogP contribution is -2.33. The van der Waals surface area contributed by atoms with Crippen molar-refractivity contribution in [3.8, 4) is 0 Å². The van der Waals surface area contributed by atoms with Crippen molar-refractivity contribution >= 4 is 27.7 Å². The Morgan fingerprint density at radius 3 is 2.55 bits per heavy atom. The molecule has 0 radical (unpaired) electrons. The highest BCUT2D eigenvalue weighted by atomic mass is 79.9. The summed E-state index contributed by atoms with van der Waals surface area (Å²) >= 11 is 3.26. The van der Waals surface area contributed by atoms with Gasteiger partial charge < -0.3 is 10.0 Å². The first-order valence-corrected chi connectivity index (χ1v) is 6.67. The van der Waals surface area contributed by atoms with E-state index in [9.17, 15) is 18.0 Å². The number of hydrogen-bond acceptors (Lipinski definition) is 3. The van der Waals surface area contributed by atoms with Crippen LogP contribution in [0.15, 0.2) is 16.6 Å². The maximum absolute atomic E-state index is 12.9. The van der Waals surface area contributed by atoms with Gasteiger partial charge in [0.1, 0.15) is 5.82 Å². The number of hydrogen-bond donors (Lipinski definition) is 1. The average Bonchev–Trinajstić information content (AvgIpc) is 2.77. The van der Waals surface area contributed by atoms with Crippen molar-refractivity contribution in [2.24, 2.45) is 11.8 Å². The first kappa shape index (κ1) is 15.1. The van der Waals surface area contributed by atoms with Crippen LogP contribution in [-0.2, 0) is 4.79 Å². The van der Waals surface area contributed by atoms with Crippen LogP contribution in [0.5, 0.6) is 0 Å². The number of carbonyl (C=O) groups is 1. The number of aliphatic carboxylic acids is 1. The zero-order valence-corrected chi connectivity index (χ0v) is 12.1. The third kappa shape index (κ3) is 2.89. The lowest BCUT2D eigenvalue weighted by molar-refractivity contribution is -0.187. The van der Waals surface area contributed by atoms with E-state index in [0.717, 1.165) is 4.47 Å². The van der Waals surface area contributed by atoms with Gasteiger partial charge in [-0.25, -0.2) is 4.98 Å². The summed E-state index contributed by atoms with van der Waals surface area (Å²) in [4.78, 5) is 16.6. The number of halogens is 4. The number of aryl methyl sites for hydroxylation is 1. The van der Waals surface area contributed by atoms with Crippen LogP contribution in [0, 0.1) is 18.8 Å². The Morgan fingerprint density at radius 1 is 1.45 bits per heavy atom. The number of alkyl halides is 3. The molecule has 1 aromatic rings. The molecule has 1 N–H and O–H groups in total. The van der Waals surface area contributed by atoms with Crippen LogP contribution in [0.25, 0.3) is 0 Å². The number of pyridine rings is 1. The molecule has 8 heteroatoms. The number of carboxylic acids is 1. The standard InChI is InChI=1S/C12H12BrF3N2O2/c1-6-9(13)2-3-10(17-6)18-4-7(11(19)20)8(5-18)12(14,15)16/h2-3,7-8H,4-5H2,1H3,(H,19,20)/t7-,8-/m1/s1. The Kier molecular flexibility index (Phi) is 3.95. The number of rotatable bonds is 2. The Morgan fingerprint density at radius 2 is 2.10 bits per heavy atom. The molecule has 0 aliphatic carbocycles. The molecule has 1 fully saturated rings. The van der Waals surface area contributed by atoms with E-state index in [1.165, 1.54) is 4.90 Å². The molecule has 1 saturated heterocycles. The second-order valence-electron chi connectivity index (χ2n) is 4.73. The lowest BCUT2D eigenvalue weighted by atomic mass is 9.96. The van der Waals surface area contributed by atoms with Crippen molar-refractivity contribution < 1.29 is 23.1 Å². The highest BCUT2D eigenvalue weighted by Gasteiger charge is 2.52. The van der Waals surface area contributed by atoms with Gasteiger partial charge in [0, 0.05) is 17.6 Å². The Bertz CT molecular complexity index is 536. The topological polar surface area (TPSA) is 53.4 Å². The summed E-state index contributed by atoms with van der Waals surface area (Å²) in [5, 5.41) is 8.96. The minimum Gasteiger partial charge on any atom is -0.481 e. The van der Waals surface area contributed by atoms with Crippen molar-refractivity contribution in [1.29, 1.82) is 0 Å². The van der Waals surface area contributed by atoms with Crippen molar-refractivity contribution in [2.45, 2.75) is 13.1 Å². The van der Waals surface area contributed by atoms with E-state index in [4.69, 9.17) is 5.11 Å². The summed E-state index contributed by atoms with van der Waals surface area (Å²) in [7, 11) is 0. The van der Waals surface area contributed by atoms with Gasteiger partial charge in [-0.05, 0) is 35.0 Å². The van der Waals surface area contributed by atoms with Crippen LogP contribution in [0.3, 0.4) is 0 Å². The van der Waals surface area contributed by atoms with Crippen LogP contribution < -0.4 is 4.90 Å². The Balaban J connectivity index is 2.27. The fourth-order valence-corrected chi connectivity index (χ4v) is 2.50. The third-order valence-corrected chi connectivity index (χ3v) is 4.23. The summed E-state index contributed by atoms with van der Waals surface area (Å²) in [5.41, 5.74) is 0.643. The molecule has 2 heterocycles. The highest BCUT2D eigenvalue weighted by molar-refractivity contribution is 9.10. The van der Waals surface area contributed by atoms with E-state index in [0.29, 0.717) is 11.5 Å². The second kappa shape index (κ2) is 5.23. The predicted octanol–water partition coefficient (Wildman–Crippen LogP) is 2.85. The largest absolute Gasteiger partial charge is 0.481 e. The second-order valence-corrected chi connectivity index (χ2v) is 5.59. The summed E-state index contributed by atoms with van der Waals surface area (Å²) in [6.45, 7) is 1.15. The SMILES string of the molecule is Cc1nc(N2C[C@@H](C(F)(F)F)[C@H](C(=O)O)C2)ccc1Br. The van der Waals surface area contributed by atoms with Gasteiger partial charge in [-0.1, -0.05) is 0 Å². The number of aromatic nitrogens is 1. The normalized spacial score (nSPS) is 23.1. The average molecular weight is 353 g/mol. The van der Waals surface area contributed by atoms with Crippen LogP contribution in [-0.4, -0.2) is 35.3 Å².